The van der Waals surface area contributed by atoms with E-state index in [1.165, 1.54) is 3.97 Å². The van der Waals surface area contributed by atoms with E-state index in [0.29, 0.717) is 10.8 Å². The molecule has 1 aromatic heterocycles. The molecule has 4 nitrogen and oxygen atoms in total. The van der Waals surface area contributed by atoms with Crippen molar-refractivity contribution >= 4 is 31.7 Å². The molecule has 0 aliphatic carbocycles. The van der Waals surface area contributed by atoms with Crippen LogP contribution in [0, 0.1) is 0 Å². The first-order valence-electron chi connectivity index (χ1n) is 9.70. The molecule has 1 aliphatic heterocycles. The average Bonchev–Trinajstić information content (AvgIpc) is 3.14. The van der Waals surface area contributed by atoms with Gasteiger partial charge < -0.3 is 5.32 Å². The lowest BCUT2D eigenvalue weighted by Crippen LogP contribution is -2.26. The summed E-state index contributed by atoms with van der Waals surface area (Å²) in [4.78, 5) is 0.350. The Labute approximate surface area is 164 Å². The summed E-state index contributed by atoms with van der Waals surface area (Å²) < 4.78 is 28.9. The van der Waals surface area contributed by atoms with Crippen LogP contribution in [0.3, 0.4) is 0 Å². The predicted molar refractivity (Wildman–Crippen MR) is 113 cm³/mol. The van der Waals surface area contributed by atoms with Gasteiger partial charge in [-0.3, -0.25) is 0 Å². The van der Waals surface area contributed by atoms with Gasteiger partial charge in [0.05, 0.1) is 10.4 Å². The molecule has 142 valence electrons. The van der Waals surface area contributed by atoms with E-state index in [9.17, 15) is 8.42 Å². The fourth-order valence-electron chi connectivity index (χ4n) is 4.36. The molecule has 0 amide bonds. The maximum atomic E-state index is 13.7. The maximum Gasteiger partial charge on any atom is 0.268 e. The smallest absolute Gasteiger partial charge is 0.268 e. The fourth-order valence-corrected chi connectivity index (χ4v) is 5.96. The quantitative estimate of drug-likeness (QED) is 0.560. The lowest BCUT2D eigenvalue weighted by Gasteiger charge is -2.22. The van der Waals surface area contributed by atoms with Crippen molar-refractivity contribution in [3.8, 4) is 0 Å². The second-order valence-corrected chi connectivity index (χ2v) is 9.19. The first-order chi connectivity index (χ1) is 13.7. The molecule has 0 radical (unpaired) electrons. The molecule has 0 bridgehead atoms. The molecule has 0 spiro atoms. The Bertz CT molecular complexity index is 1260. The third-order valence-corrected chi connectivity index (χ3v) is 7.51. The number of aromatic nitrogens is 1. The van der Waals surface area contributed by atoms with Crippen LogP contribution in [0.2, 0.25) is 0 Å². The summed E-state index contributed by atoms with van der Waals surface area (Å²) in [6.07, 6.45) is 3.92. The van der Waals surface area contributed by atoms with E-state index in [1.54, 1.807) is 6.07 Å². The Morgan fingerprint density at radius 2 is 1.50 bits per heavy atom. The molecule has 0 saturated carbocycles. The van der Waals surface area contributed by atoms with E-state index in [0.717, 1.165) is 53.2 Å². The molecule has 1 fully saturated rings. The number of piperidine rings is 1. The van der Waals surface area contributed by atoms with E-state index in [4.69, 9.17) is 0 Å². The summed E-state index contributed by atoms with van der Waals surface area (Å²) in [6.45, 7) is 1.94. The summed E-state index contributed by atoms with van der Waals surface area (Å²) in [7, 11) is -3.71. The maximum absolute atomic E-state index is 13.7. The van der Waals surface area contributed by atoms with Crippen LogP contribution < -0.4 is 5.32 Å². The molecule has 1 aliphatic rings. The molecular weight excluding hydrogens is 368 g/mol. The van der Waals surface area contributed by atoms with Crippen LogP contribution in [0.4, 0.5) is 0 Å². The van der Waals surface area contributed by atoms with Gasteiger partial charge in [-0.15, -0.1) is 0 Å². The van der Waals surface area contributed by atoms with Crippen molar-refractivity contribution in [2.24, 2.45) is 0 Å². The molecule has 1 saturated heterocycles. The van der Waals surface area contributed by atoms with Crippen molar-refractivity contribution in [1.29, 1.82) is 0 Å². The minimum Gasteiger partial charge on any atom is -0.317 e. The van der Waals surface area contributed by atoms with Crippen LogP contribution in [0.25, 0.3) is 21.7 Å². The van der Waals surface area contributed by atoms with E-state index in [1.807, 2.05) is 66.9 Å². The number of nitrogens with zero attached hydrogens (tertiary/aromatic N) is 1. The summed E-state index contributed by atoms with van der Waals surface area (Å²) in [5.74, 6) is 0.384. The lowest BCUT2D eigenvalue weighted by atomic mass is 9.90. The highest BCUT2D eigenvalue weighted by atomic mass is 32.2. The van der Waals surface area contributed by atoms with Gasteiger partial charge in [-0.2, -0.15) is 0 Å². The Balaban J connectivity index is 1.74. The van der Waals surface area contributed by atoms with Crippen molar-refractivity contribution in [3.05, 3.63) is 78.5 Å². The SMILES string of the molecule is O=S(=O)(c1cccc2ccccc12)n1cc(C2CCNCC2)c2ccccc21. The van der Waals surface area contributed by atoms with Gasteiger partial charge in [0.25, 0.3) is 10.0 Å². The van der Waals surface area contributed by atoms with Gasteiger partial charge in [0.1, 0.15) is 0 Å². The van der Waals surface area contributed by atoms with Crippen molar-refractivity contribution in [3.63, 3.8) is 0 Å². The predicted octanol–water partition coefficient (Wildman–Crippen LogP) is 4.50. The van der Waals surface area contributed by atoms with Gasteiger partial charge in [0.2, 0.25) is 0 Å². The van der Waals surface area contributed by atoms with Crippen molar-refractivity contribution in [2.75, 3.05) is 13.1 Å². The van der Waals surface area contributed by atoms with Crippen LogP contribution >= 0.6 is 0 Å². The van der Waals surface area contributed by atoms with Crippen LogP contribution in [0.15, 0.2) is 77.8 Å². The van der Waals surface area contributed by atoms with Crippen LogP contribution in [-0.4, -0.2) is 25.5 Å². The summed E-state index contributed by atoms with van der Waals surface area (Å²) in [5, 5.41) is 6.12. The lowest BCUT2D eigenvalue weighted by molar-refractivity contribution is 0.462. The monoisotopic (exact) mass is 390 g/mol. The van der Waals surface area contributed by atoms with Gasteiger partial charge >= 0.3 is 0 Å². The van der Waals surface area contributed by atoms with Gasteiger partial charge in [0, 0.05) is 17.0 Å². The Morgan fingerprint density at radius 1 is 0.821 bits per heavy atom. The molecule has 5 rings (SSSR count). The second-order valence-electron chi connectivity index (χ2n) is 7.40. The van der Waals surface area contributed by atoms with E-state index >= 15 is 0 Å². The van der Waals surface area contributed by atoms with Gasteiger partial charge in [-0.1, -0.05) is 54.6 Å². The number of nitrogens with one attached hydrogen (secondary N) is 1. The Morgan fingerprint density at radius 3 is 2.32 bits per heavy atom. The topological polar surface area (TPSA) is 51.1 Å². The van der Waals surface area contributed by atoms with Crippen LogP contribution in [0.1, 0.15) is 24.3 Å². The molecule has 28 heavy (non-hydrogen) atoms. The van der Waals surface area contributed by atoms with E-state index in [-0.39, 0.29) is 0 Å². The number of hydrogen-bond donors (Lipinski definition) is 1. The second kappa shape index (κ2) is 6.76. The zero-order valence-corrected chi connectivity index (χ0v) is 16.3. The summed E-state index contributed by atoms with van der Waals surface area (Å²) in [5.41, 5.74) is 1.89. The molecule has 0 unspecified atom stereocenters. The van der Waals surface area contributed by atoms with Crippen molar-refractivity contribution < 1.29 is 8.42 Å². The molecule has 0 atom stereocenters. The summed E-state index contributed by atoms with van der Waals surface area (Å²) in [6, 6.07) is 20.9. The van der Waals surface area contributed by atoms with Gasteiger partial charge in [0.15, 0.2) is 0 Å². The molecule has 3 aromatic carbocycles. The highest BCUT2D eigenvalue weighted by Crippen LogP contribution is 2.35. The van der Waals surface area contributed by atoms with Gasteiger partial charge in [-0.05, 0) is 54.9 Å². The first-order valence-corrected chi connectivity index (χ1v) is 11.1. The zero-order chi connectivity index (χ0) is 19.1. The van der Waals surface area contributed by atoms with E-state index < -0.39 is 10.0 Å². The third kappa shape index (κ3) is 2.74. The Hall–Kier alpha value is -2.63. The molecular formula is C23H22N2O2S. The molecule has 4 aromatic rings. The minimum absolute atomic E-state index is 0.350. The van der Waals surface area contributed by atoms with Gasteiger partial charge in [-0.25, -0.2) is 12.4 Å². The summed E-state index contributed by atoms with van der Waals surface area (Å²) >= 11 is 0. The number of benzene rings is 3. The molecule has 5 heteroatoms. The minimum atomic E-state index is -3.71. The fraction of sp³-hybridized carbons (Fsp3) is 0.217. The van der Waals surface area contributed by atoms with Crippen molar-refractivity contribution in [2.45, 2.75) is 23.7 Å². The molecule has 2 heterocycles. The zero-order valence-electron chi connectivity index (χ0n) is 15.5. The Kier molecular flexibility index (Phi) is 4.22. The third-order valence-electron chi connectivity index (χ3n) is 5.77. The van der Waals surface area contributed by atoms with Crippen LogP contribution in [0.5, 0.6) is 0 Å². The van der Waals surface area contributed by atoms with Crippen molar-refractivity contribution in [1.82, 2.24) is 9.29 Å². The largest absolute Gasteiger partial charge is 0.317 e. The average molecular weight is 391 g/mol. The van der Waals surface area contributed by atoms with E-state index in [2.05, 4.69) is 5.32 Å². The number of rotatable bonds is 3. The number of para-hydroxylation sites is 1. The normalized spacial score (nSPS) is 16.0. The highest BCUT2D eigenvalue weighted by Gasteiger charge is 2.26. The first kappa shape index (κ1) is 17.5. The standard InChI is InChI=1S/C23H22N2O2S/c26-28(27,23-11-5-7-17-6-1-2-8-19(17)23)25-16-21(18-12-14-24-15-13-18)20-9-3-4-10-22(20)25/h1-11,16,18,24H,12-15H2. The number of hydrogen-bond acceptors (Lipinski definition) is 3. The highest BCUT2D eigenvalue weighted by molar-refractivity contribution is 7.90. The number of fused-ring (bicyclic) bond motifs is 2. The van der Waals surface area contributed by atoms with Crippen LogP contribution in [-0.2, 0) is 10.0 Å². The molecule has 1 N–H and O–H groups in total.